The minimum Gasteiger partial charge on any atom is -0.491 e. The number of unbranched alkanes of at least 4 members (excludes halogenated alkanes) is 3. The predicted octanol–water partition coefficient (Wildman–Crippen LogP) is 7.76. The third-order valence-electron chi connectivity index (χ3n) is 9.25. The van der Waals surface area contributed by atoms with Gasteiger partial charge in [0.1, 0.15) is 24.2 Å². The van der Waals surface area contributed by atoms with Gasteiger partial charge in [0, 0.05) is 36.6 Å². The molecule has 1 aliphatic heterocycles. The van der Waals surface area contributed by atoms with Crippen LogP contribution in [-0.4, -0.2) is 80.0 Å². The monoisotopic (exact) mass is 823 g/mol. The second kappa shape index (κ2) is 24.4. The van der Waals surface area contributed by atoms with E-state index in [4.69, 9.17) is 9.47 Å². The van der Waals surface area contributed by atoms with Crippen LogP contribution in [0.15, 0.2) is 120 Å². The van der Waals surface area contributed by atoms with Crippen molar-refractivity contribution < 1.29 is 32.8 Å². The van der Waals surface area contributed by atoms with E-state index in [0.717, 1.165) is 64.9 Å². The Balaban J connectivity index is 0.867. The van der Waals surface area contributed by atoms with E-state index in [-0.39, 0.29) is 25.0 Å². The number of aliphatic hydroxyl groups excluding tert-OH is 1. The molecule has 4 N–H and O–H groups in total. The molecule has 3 heterocycles. The Morgan fingerprint density at radius 2 is 1.66 bits per heavy atom. The summed E-state index contributed by atoms with van der Waals surface area (Å²) in [7, 11) is -2.68. The molecule has 0 saturated carbocycles. The van der Waals surface area contributed by atoms with E-state index in [9.17, 15) is 23.3 Å². The second-order valence-electron chi connectivity index (χ2n) is 13.9. The number of aromatic nitrogens is 1. The number of halogens is 2. The Labute approximate surface area is 349 Å². The molecule has 310 valence electrons. The van der Waals surface area contributed by atoms with Crippen LogP contribution in [-0.2, 0) is 16.0 Å². The average molecular weight is 824 g/mol. The van der Waals surface area contributed by atoms with Gasteiger partial charge in [-0.05, 0) is 116 Å². The van der Waals surface area contributed by atoms with Crippen LogP contribution < -0.4 is 25.4 Å². The van der Waals surface area contributed by atoms with Crippen LogP contribution in [0.2, 0.25) is 0 Å². The third kappa shape index (κ3) is 15.3. The normalized spacial score (nSPS) is 13.4. The molecule has 0 radical (unpaired) electrons. The minimum absolute atomic E-state index is 0.0248. The number of ether oxygens (including phenoxy) is 2. The first-order chi connectivity index (χ1) is 28.8. The number of amides is 2. The van der Waals surface area contributed by atoms with Crippen molar-refractivity contribution in [2.45, 2.75) is 51.0 Å². The van der Waals surface area contributed by atoms with Crippen LogP contribution in [0.25, 0.3) is 22.7 Å². The highest BCUT2D eigenvalue weighted by atomic mass is 32.1. The average Bonchev–Trinajstić information content (AvgIpc) is 4.03. The first kappa shape index (κ1) is 44.5. The van der Waals surface area contributed by atoms with Gasteiger partial charge in [0.2, 0.25) is 5.91 Å². The fraction of sp³-hybridized carbons (Fsp3) is 0.311. The SMILES string of the molecule is C=CCc1ccccc1OC[C@@H](O)CNCCCCNC(=O)CCCCCNC(=O)COc1ccc(/C=C/C2=NC(=C\c3ccc(-c4cccs4)n3B(F)F)/C=C2)cc1. The van der Waals surface area contributed by atoms with Crippen LogP contribution in [0.5, 0.6) is 11.5 Å². The van der Waals surface area contributed by atoms with Gasteiger partial charge in [0.15, 0.2) is 6.61 Å². The van der Waals surface area contributed by atoms with Gasteiger partial charge in [-0.2, -0.15) is 0 Å². The van der Waals surface area contributed by atoms with E-state index in [0.29, 0.717) is 61.0 Å². The first-order valence-electron chi connectivity index (χ1n) is 20.0. The zero-order valence-electron chi connectivity index (χ0n) is 33.2. The number of carbonyl (C=O) groups is 2. The summed E-state index contributed by atoms with van der Waals surface area (Å²) in [5.74, 6) is 1.13. The molecule has 1 aliphatic rings. The number of carbonyl (C=O) groups excluding carboxylic acids is 2. The lowest BCUT2D eigenvalue weighted by atomic mass is 10.1. The molecule has 0 unspecified atom stereocenters. The van der Waals surface area contributed by atoms with E-state index < -0.39 is 13.5 Å². The Bertz CT molecular complexity index is 2060. The summed E-state index contributed by atoms with van der Waals surface area (Å²) >= 11 is 1.41. The van der Waals surface area contributed by atoms with Gasteiger partial charge in [0.25, 0.3) is 5.91 Å². The molecule has 0 spiro atoms. The summed E-state index contributed by atoms with van der Waals surface area (Å²) in [5.41, 5.74) is 4.07. The largest absolute Gasteiger partial charge is 0.678 e. The van der Waals surface area contributed by atoms with Crippen molar-refractivity contribution in [2.24, 2.45) is 4.99 Å². The van der Waals surface area contributed by atoms with Gasteiger partial charge in [-0.25, -0.2) is 4.99 Å². The molecule has 0 fully saturated rings. The highest BCUT2D eigenvalue weighted by Crippen LogP contribution is 2.29. The van der Waals surface area contributed by atoms with Crippen LogP contribution >= 0.6 is 11.3 Å². The van der Waals surface area contributed by atoms with Crippen molar-refractivity contribution in [2.75, 3.05) is 39.4 Å². The molecular weight excluding hydrogens is 771 g/mol. The first-order valence-corrected chi connectivity index (χ1v) is 20.8. The highest BCUT2D eigenvalue weighted by Gasteiger charge is 2.24. The van der Waals surface area contributed by atoms with Crippen LogP contribution in [0.3, 0.4) is 0 Å². The van der Waals surface area contributed by atoms with E-state index >= 15 is 0 Å². The fourth-order valence-electron chi connectivity index (χ4n) is 6.19. The summed E-state index contributed by atoms with van der Waals surface area (Å²) in [4.78, 5) is 29.8. The van der Waals surface area contributed by atoms with Crippen molar-refractivity contribution >= 4 is 48.4 Å². The predicted molar refractivity (Wildman–Crippen MR) is 235 cm³/mol. The number of allylic oxidation sites excluding steroid dienone is 4. The van der Waals surface area contributed by atoms with Crippen molar-refractivity contribution in [3.05, 3.63) is 132 Å². The summed E-state index contributed by atoms with van der Waals surface area (Å²) in [5, 5.41) is 21.1. The molecule has 0 aliphatic carbocycles. The molecule has 4 aromatic rings. The lowest BCUT2D eigenvalue weighted by Gasteiger charge is -2.15. The Morgan fingerprint density at radius 3 is 2.44 bits per heavy atom. The van der Waals surface area contributed by atoms with Gasteiger partial charge in [0.05, 0.1) is 17.1 Å². The number of nitrogens with zero attached hydrogens (tertiary/aromatic N) is 2. The molecule has 59 heavy (non-hydrogen) atoms. The van der Waals surface area contributed by atoms with Crippen molar-refractivity contribution in [3.63, 3.8) is 0 Å². The van der Waals surface area contributed by atoms with E-state index in [1.165, 1.54) is 11.3 Å². The zero-order chi connectivity index (χ0) is 41.7. The summed E-state index contributed by atoms with van der Waals surface area (Å²) in [6.07, 6.45) is 15.4. The molecule has 1 atom stereocenters. The number of nitrogens with one attached hydrogen (secondary N) is 3. The van der Waals surface area contributed by atoms with E-state index in [1.54, 1.807) is 36.4 Å². The van der Waals surface area contributed by atoms with Crippen molar-refractivity contribution in [3.8, 4) is 22.1 Å². The fourth-order valence-corrected chi connectivity index (χ4v) is 6.94. The molecule has 14 heteroatoms. The lowest BCUT2D eigenvalue weighted by Crippen LogP contribution is -2.32. The maximum atomic E-state index is 13.9. The number of thiophene rings is 1. The van der Waals surface area contributed by atoms with Gasteiger partial charge in [-0.15, -0.1) is 17.9 Å². The summed E-state index contributed by atoms with van der Waals surface area (Å²) < 4.78 is 40.3. The number of benzene rings is 2. The molecule has 0 bridgehead atoms. The summed E-state index contributed by atoms with van der Waals surface area (Å²) in [6, 6.07) is 22.1. The van der Waals surface area contributed by atoms with Crippen molar-refractivity contribution in [1.29, 1.82) is 0 Å². The van der Waals surface area contributed by atoms with Gasteiger partial charge in [-0.3, -0.25) is 18.2 Å². The molecule has 2 aromatic carbocycles. The van der Waals surface area contributed by atoms with Crippen molar-refractivity contribution in [1.82, 2.24) is 20.4 Å². The molecule has 2 amide bonds. The Hall–Kier alpha value is -5.57. The summed E-state index contributed by atoms with van der Waals surface area (Å²) in [6.45, 7) is 6.16. The number of hydrogen-bond donors (Lipinski definition) is 4. The molecule has 2 aromatic heterocycles. The molecular formula is C45H52BF2N5O5S. The van der Waals surface area contributed by atoms with Crippen LogP contribution in [0.1, 0.15) is 55.3 Å². The highest BCUT2D eigenvalue weighted by molar-refractivity contribution is 7.13. The smallest absolute Gasteiger partial charge is 0.491 e. The minimum atomic E-state index is -2.68. The number of rotatable bonds is 26. The lowest BCUT2D eigenvalue weighted by molar-refractivity contribution is -0.123. The number of aliphatic hydroxyl groups is 1. The van der Waals surface area contributed by atoms with Crippen LogP contribution in [0, 0.1) is 0 Å². The molecule has 10 nitrogen and oxygen atoms in total. The van der Waals surface area contributed by atoms with Gasteiger partial charge < -0.3 is 35.0 Å². The van der Waals surface area contributed by atoms with Crippen LogP contribution in [0.4, 0.5) is 8.63 Å². The second-order valence-corrected chi connectivity index (χ2v) is 14.8. The Kier molecular flexibility index (Phi) is 18.4. The topological polar surface area (TPSA) is 126 Å². The van der Waals surface area contributed by atoms with Gasteiger partial charge in [-0.1, -0.05) is 55.0 Å². The van der Waals surface area contributed by atoms with Gasteiger partial charge >= 0.3 is 7.40 Å². The van der Waals surface area contributed by atoms with E-state index in [2.05, 4.69) is 27.5 Å². The third-order valence-corrected chi connectivity index (χ3v) is 10.1. The number of aliphatic imine (C=N–C) groups is 1. The quantitative estimate of drug-likeness (QED) is 0.0292. The standard InChI is InChI=1S/C45H52BF2N5O5S/c1-2-11-35-12-5-6-13-42(35)58-32-39(54)31-49-26-8-9-28-50-44(55)15-4-3-7-27-51-45(56)33-57-40-23-17-34(18-24-40)16-19-36-20-21-37(52-36)30-38-22-25-41(53(38)46(47)48)43-14-10-29-59-43/h2,5-6,10,12-14,16-25,29-30,39,49,54H,1,3-4,7-9,11,15,26-28,31-33H2,(H,50,55)(H,51,56)/b19-16+,37-30-/t39-/m0/s1. The zero-order valence-corrected chi connectivity index (χ0v) is 34.0. The number of para-hydroxylation sites is 1. The Morgan fingerprint density at radius 1 is 0.881 bits per heavy atom. The maximum Gasteiger partial charge on any atom is 0.678 e. The molecule has 0 saturated heterocycles. The van der Waals surface area contributed by atoms with E-state index in [1.807, 2.05) is 78.2 Å². The molecule has 5 rings (SSSR count). The maximum absolute atomic E-state index is 13.9. The number of hydrogen-bond acceptors (Lipinski definition) is 8.